The van der Waals surface area contributed by atoms with Gasteiger partial charge in [0.1, 0.15) is 158 Å². The second kappa shape index (κ2) is 43.9. The molecule has 14 aromatic rings. The van der Waals surface area contributed by atoms with E-state index < -0.39 is 158 Å². The van der Waals surface area contributed by atoms with Gasteiger partial charge in [-0.05, 0) is 0 Å². The van der Waals surface area contributed by atoms with Crippen LogP contribution in [-0.2, 0) is 81.3 Å². The Labute approximate surface area is 749 Å². The molecule has 130 heavy (non-hydrogen) atoms. The SMILES string of the molecule is CCc1c(CC)c(CC)[c-](CC)c1CC.CCc1c(CC)c(CC)[c-](CC)c1CC.Fc1cc(F)cc([B-](c2cc(F)cc(F)c2)(c2cc(F)cc(F)c2)c2cc(F)cc(F)c2)c1.Fc1cc(F)cc([B-](c2cc(F)cc(F)c2)(c2cc(F)cc(F)c2)c2cc(F)cc(F)c2)c1.Fc1cc(F)cc([B-](c2cc(F)cc(F)c2)(c2cc(F)cc(F)c2)c2cc(F)cc(F)c2)c1.[Fe+5]. The molecule has 14 aromatic carbocycles. The summed E-state index contributed by atoms with van der Waals surface area (Å²) < 4.78 is 343. The van der Waals surface area contributed by atoms with Crippen LogP contribution in [0.2, 0.25) is 0 Å². The molecule has 0 nitrogen and oxygen atoms in total. The number of benzene rings is 12. The van der Waals surface area contributed by atoms with Crippen molar-refractivity contribution in [2.45, 2.75) is 133 Å². The van der Waals surface area contributed by atoms with Crippen LogP contribution in [0.25, 0.3) is 0 Å². The van der Waals surface area contributed by atoms with E-state index in [9.17, 15) is 105 Å². The Morgan fingerprint density at radius 3 is 0.292 bits per heavy atom. The maximum Gasteiger partial charge on any atom is 5.00 e. The molecule has 1 radical (unpaired) electrons. The maximum atomic E-state index is 14.3. The summed E-state index contributed by atoms with van der Waals surface area (Å²) in [6, 6.07) is 24.7. The predicted molar refractivity (Wildman–Crippen MR) is 467 cm³/mol. The van der Waals surface area contributed by atoms with Crippen LogP contribution in [0.4, 0.5) is 105 Å². The Bertz CT molecular complexity index is 4770. The minimum atomic E-state index is -3.29. The zero-order valence-electron chi connectivity index (χ0n) is 72.0. The van der Waals surface area contributed by atoms with Gasteiger partial charge in [-0.2, -0.15) is 121 Å². The molecule has 0 aliphatic rings. The first kappa shape index (κ1) is 102. The monoisotopic (exact) mass is 1860 g/mol. The minimum Gasteiger partial charge on any atom is -0.207 e. The Hall–Kier alpha value is -11.6. The van der Waals surface area contributed by atoms with E-state index >= 15 is 0 Å². The van der Waals surface area contributed by atoms with Crippen LogP contribution in [0.3, 0.4) is 0 Å². The summed E-state index contributed by atoms with van der Waals surface area (Å²) in [5, 5.41) is 0. The van der Waals surface area contributed by atoms with E-state index in [1.54, 1.807) is 55.6 Å². The van der Waals surface area contributed by atoms with E-state index in [4.69, 9.17) is 0 Å². The molecule has 0 heterocycles. The molecule has 0 saturated heterocycles. The van der Waals surface area contributed by atoms with E-state index in [1.807, 2.05) is 0 Å². The van der Waals surface area contributed by atoms with Crippen molar-refractivity contribution in [2.75, 3.05) is 0 Å². The van der Waals surface area contributed by atoms with Gasteiger partial charge in [0.15, 0.2) is 0 Å². The Kier molecular flexibility index (Phi) is 34.5. The van der Waals surface area contributed by atoms with Crippen LogP contribution in [0.1, 0.15) is 125 Å². The third-order valence-corrected chi connectivity index (χ3v) is 23.8. The quantitative estimate of drug-likeness (QED) is 0.0360. The van der Waals surface area contributed by atoms with E-state index in [0.717, 1.165) is 146 Å². The van der Waals surface area contributed by atoms with Gasteiger partial charge in [0.2, 0.25) is 0 Å². The van der Waals surface area contributed by atoms with E-state index in [2.05, 4.69) is 69.2 Å². The average Bonchev–Trinajstić information content (AvgIpc) is 1.28. The van der Waals surface area contributed by atoms with Crippen molar-refractivity contribution in [1.29, 1.82) is 0 Å². The zero-order valence-corrected chi connectivity index (χ0v) is 73.1. The van der Waals surface area contributed by atoms with Gasteiger partial charge in [0.25, 0.3) is 0 Å². The summed E-state index contributed by atoms with van der Waals surface area (Å²) in [6.07, 6.45) is 2.21. The van der Waals surface area contributed by atoms with Crippen molar-refractivity contribution in [2.24, 2.45) is 0 Å². The van der Waals surface area contributed by atoms with Crippen LogP contribution in [0, 0.1) is 140 Å². The van der Waals surface area contributed by atoms with Gasteiger partial charge in [0.05, 0.1) is 0 Å². The summed E-state index contributed by atoms with van der Waals surface area (Å²) in [5.41, 5.74) is 12.4. The normalized spacial score (nSPS) is 11.4. The van der Waals surface area contributed by atoms with Crippen LogP contribution in [0.5, 0.6) is 0 Å². The topological polar surface area (TPSA) is 0 Å². The van der Waals surface area contributed by atoms with E-state index in [-0.39, 0.29) is 82.6 Å². The third-order valence-electron chi connectivity index (χ3n) is 23.8. The second-order valence-electron chi connectivity index (χ2n) is 31.4. The van der Waals surface area contributed by atoms with Crippen LogP contribution < -0.4 is 65.6 Å². The van der Waals surface area contributed by atoms with Crippen molar-refractivity contribution < 1.29 is 122 Å². The molecule has 0 unspecified atom stereocenters. The van der Waals surface area contributed by atoms with Crippen molar-refractivity contribution in [3.8, 4) is 0 Å². The smallest absolute Gasteiger partial charge is 0.207 e. The van der Waals surface area contributed by atoms with E-state index in [0.29, 0.717) is 72.8 Å². The third kappa shape index (κ3) is 22.2. The zero-order chi connectivity index (χ0) is 94.6. The van der Waals surface area contributed by atoms with Crippen LogP contribution in [0.15, 0.2) is 218 Å². The first-order valence-corrected chi connectivity index (χ1v) is 41.9. The minimum absolute atomic E-state index is 0. The van der Waals surface area contributed by atoms with Gasteiger partial charge in [-0.3, -0.25) is 0 Å². The van der Waals surface area contributed by atoms with Gasteiger partial charge in [-0.1, -0.05) is 279 Å². The molecule has 0 amide bonds. The molecule has 0 spiro atoms. The predicted octanol–water partition coefficient (Wildman–Crippen LogP) is 21.0. The number of rotatable bonds is 22. The molecule has 0 saturated carbocycles. The maximum absolute atomic E-state index is 14.3. The Morgan fingerprint density at radius 1 is 0.146 bits per heavy atom. The molecule has 0 aliphatic carbocycles. The van der Waals surface area contributed by atoms with Gasteiger partial charge in [-0.15, -0.1) is 0 Å². The van der Waals surface area contributed by atoms with Gasteiger partial charge >= 0.3 is 17.1 Å². The molecule has 0 bridgehead atoms. The summed E-state index contributed by atoms with van der Waals surface area (Å²) in [5.74, 6) is -27.0. The number of halogens is 24. The van der Waals surface area contributed by atoms with Crippen molar-refractivity contribution >= 4 is 84.0 Å². The van der Waals surface area contributed by atoms with Gasteiger partial charge < -0.3 is 0 Å². The molecule has 0 fully saturated rings. The summed E-state index contributed by atoms with van der Waals surface area (Å²) in [4.78, 5) is 0. The van der Waals surface area contributed by atoms with Crippen molar-refractivity contribution in [1.82, 2.24) is 0 Å². The summed E-state index contributed by atoms with van der Waals surface area (Å²) in [6.45, 7) is 23.0. The van der Waals surface area contributed by atoms with Crippen molar-refractivity contribution in [3.63, 3.8) is 0 Å². The van der Waals surface area contributed by atoms with Gasteiger partial charge in [-0.25, -0.2) is 105 Å². The first-order chi connectivity index (χ1) is 61.2. The molecule has 0 aromatic heterocycles. The van der Waals surface area contributed by atoms with Gasteiger partial charge in [0, 0.05) is 72.8 Å². The summed E-state index contributed by atoms with van der Waals surface area (Å²) >= 11 is 0. The Balaban J connectivity index is 0.000000190. The fourth-order valence-corrected chi connectivity index (χ4v) is 19.5. The molecular weight excluding hydrogens is 1770 g/mol. The Morgan fingerprint density at radius 2 is 0.231 bits per heavy atom. The molecule has 0 aliphatic heterocycles. The number of hydrogen-bond donors (Lipinski definition) is 0. The molecule has 0 N–H and O–H groups in total. The molecule has 679 valence electrons. The second-order valence-corrected chi connectivity index (χ2v) is 31.4. The molecule has 14 rings (SSSR count). The largest absolute Gasteiger partial charge is 5.00 e. The first-order valence-electron chi connectivity index (χ1n) is 41.9. The fraction of sp³-hybridized carbons (Fsp3) is 0.196. The van der Waals surface area contributed by atoms with Crippen molar-refractivity contribution in [3.05, 3.63) is 414 Å². The molecular formula is C102H86B3F24Fe. The summed E-state index contributed by atoms with van der Waals surface area (Å²) in [7, 11) is 0. The molecule has 28 heteroatoms. The number of hydrogen-bond acceptors (Lipinski definition) is 0. The van der Waals surface area contributed by atoms with E-state index in [1.165, 1.54) is 64.2 Å². The molecule has 0 atom stereocenters. The fourth-order valence-electron chi connectivity index (χ4n) is 19.5. The van der Waals surface area contributed by atoms with Crippen LogP contribution >= 0.6 is 0 Å². The standard InChI is InChI=1S/3C24H12BF8.2C15H25.Fe/c3*26-17-1-13(2-18(27)9-17)25(14-3-19(28)10-20(29)4-14,15-5-21(30)11-22(31)6-15)16-7-23(32)12-24(33)8-16;2*1-6-11-12(7-2)14(9-4)15(10-5)13(11)8-3;/h3*1-12H;2*6-10H2,1-5H3;/q5*-1;+5. The average molecular weight is 1860 g/mol. The van der Waals surface area contributed by atoms with Crippen LogP contribution in [-0.4, -0.2) is 18.4 Å².